The molecule has 0 radical (unpaired) electrons. The molecule has 6 nitrogen and oxygen atoms in total. The highest BCUT2D eigenvalue weighted by atomic mass is 16.5. The van der Waals surface area contributed by atoms with Crippen molar-refractivity contribution in [3.05, 3.63) is 12.4 Å². The maximum absolute atomic E-state index is 10.5. The summed E-state index contributed by atoms with van der Waals surface area (Å²) in [6.07, 6.45) is 4.02. The maximum atomic E-state index is 10.5. The van der Waals surface area contributed by atoms with Crippen LogP contribution in [0.2, 0.25) is 0 Å². The summed E-state index contributed by atoms with van der Waals surface area (Å²) in [6.45, 7) is 0.366. The van der Waals surface area contributed by atoms with Gasteiger partial charge in [0.2, 0.25) is 0 Å². The van der Waals surface area contributed by atoms with Crippen LogP contribution in [-0.2, 0) is 7.05 Å². The van der Waals surface area contributed by atoms with Crippen LogP contribution in [0.1, 0.15) is 12.8 Å². The first-order chi connectivity index (χ1) is 7.10. The van der Waals surface area contributed by atoms with Gasteiger partial charge in [0.1, 0.15) is 6.61 Å². The first-order valence-electron chi connectivity index (χ1n) is 4.72. The highest BCUT2D eigenvalue weighted by Gasteiger charge is 2.45. The second kappa shape index (κ2) is 3.45. The van der Waals surface area contributed by atoms with Crippen LogP contribution in [0.5, 0.6) is 5.75 Å². The molecule has 1 aliphatic rings. The van der Waals surface area contributed by atoms with Crippen molar-refractivity contribution in [3.8, 4) is 5.75 Å². The van der Waals surface area contributed by atoms with E-state index in [0.717, 1.165) is 12.8 Å². The monoisotopic (exact) mass is 211 g/mol. The predicted molar refractivity (Wildman–Crippen MR) is 51.8 cm³/mol. The third-order valence-corrected chi connectivity index (χ3v) is 2.42. The average Bonchev–Trinajstić information content (AvgIpc) is 2.77. The van der Waals surface area contributed by atoms with E-state index < -0.39 is 6.09 Å². The molecule has 1 amide bonds. The second-order valence-electron chi connectivity index (χ2n) is 3.85. The third-order valence-electron chi connectivity index (χ3n) is 2.42. The van der Waals surface area contributed by atoms with Gasteiger partial charge in [-0.3, -0.25) is 4.68 Å². The quantitative estimate of drug-likeness (QED) is 0.764. The highest BCUT2D eigenvalue weighted by Crippen LogP contribution is 2.35. The second-order valence-corrected chi connectivity index (χ2v) is 3.85. The number of rotatable bonds is 4. The number of nitrogens with one attached hydrogen (secondary N) is 1. The van der Waals surface area contributed by atoms with E-state index in [2.05, 4.69) is 10.4 Å². The van der Waals surface area contributed by atoms with Gasteiger partial charge in [0, 0.05) is 7.05 Å². The minimum Gasteiger partial charge on any atom is -0.488 e. The molecule has 15 heavy (non-hydrogen) atoms. The van der Waals surface area contributed by atoms with Crippen LogP contribution in [0.15, 0.2) is 12.4 Å². The van der Waals surface area contributed by atoms with E-state index in [-0.39, 0.29) is 5.54 Å². The highest BCUT2D eigenvalue weighted by molar-refractivity contribution is 5.66. The Balaban J connectivity index is 1.85. The Hall–Kier alpha value is -1.72. The van der Waals surface area contributed by atoms with Gasteiger partial charge in [0.15, 0.2) is 5.75 Å². The molecule has 2 N–H and O–H groups in total. The van der Waals surface area contributed by atoms with Crippen LogP contribution in [0.4, 0.5) is 4.79 Å². The van der Waals surface area contributed by atoms with E-state index in [1.165, 1.54) is 0 Å². The Kier molecular flexibility index (Phi) is 2.26. The first-order valence-corrected chi connectivity index (χ1v) is 4.72. The number of aryl methyl sites for hydroxylation is 1. The lowest BCUT2D eigenvalue weighted by Gasteiger charge is -2.14. The molecule has 0 bridgehead atoms. The number of amides is 1. The molecule has 0 spiro atoms. The Morgan fingerprint density at radius 3 is 3.00 bits per heavy atom. The van der Waals surface area contributed by atoms with Crippen LogP contribution in [0, 0.1) is 0 Å². The van der Waals surface area contributed by atoms with E-state index in [1.807, 2.05) is 0 Å². The summed E-state index contributed by atoms with van der Waals surface area (Å²) in [5.41, 5.74) is -0.373. The van der Waals surface area contributed by atoms with Gasteiger partial charge in [-0.05, 0) is 12.8 Å². The first kappa shape index (κ1) is 9.82. The number of ether oxygens (including phenoxy) is 1. The summed E-state index contributed by atoms with van der Waals surface area (Å²) in [6, 6.07) is 0. The van der Waals surface area contributed by atoms with Crippen molar-refractivity contribution < 1.29 is 14.6 Å². The summed E-state index contributed by atoms with van der Waals surface area (Å²) in [5.74, 6) is 0.663. The van der Waals surface area contributed by atoms with Gasteiger partial charge < -0.3 is 15.2 Å². The minimum absolute atomic E-state index is 0.366. The molecule has 0 aromatic carbocycles. The number of hydrogen-bond acceptors (Lipinski definition) is 3. The molecule has 0 aliphatic heterocycles. The van der Waals surface area contributed by atoms with Gasteiger partial charge in [-0.15, -0.1) is 0 Å². The van der Waals surface area contributed by atoms with Crippen molar-refractivity contribution in [2.24, 2.45) is 7.05 Å². The lowest BCUT2D eigenvalue weighted by molar-refractivity contribution is 0.177. The SMILES string of the molecule is Cn1cc(OCC2(NC(=O)O)CC2)cn1. The lowest BCUT2D eigenvalue weighted by atomic mass is 10.3. The Bertz CT molecular complexity index is 370. The molecule has 1 saturated carbocycles. The van der Waals surface area contributed by atoms with E-state index >= 15 is 0 Å². The molecule has 0 saturated heterocycles. The molecule has 82 valence electrons. The molecule has 2 rings (SSSR count). The minimum atomic E-state index is -0.998. The Morgan fingerprint density at radius 1 is 1.80 bits per heavy atom. The van der Waals surface area contributed by atoms with Gasteiger partial charge >= 0.3 is 6.09 Å². The van der Waals surface area contributed by atoms with E-state index in [1.54, 1.807) is 24.1 Å². The van der Waals surface area contributed by atoms with E-state index in [9.17, 15) is 4.79 Å². The van der Waals surface area contributed by atoms with Gasteiger partial charge in [-0.1, -0.05) is 0 Å². The normalized spacial score (nSPS) is 17.1. The average molecular weight is 211 g/mol. The summed E-state index contributed by atoms with van der Waals surface area (Å²) < 4.78 is 7.08. The molecule has 1 heterocycles. The van der Waals surface area contributed by atoms with Gasteiger partial charge in [0.25, 0.3) is 0 Å². The molecular weight excluding hydrogens is 198 g/mol. The summed E-state index contributed by atoms with van der Waals surface area (Å²) in [5, 5.41) is 15.0. The van der Waals surface area contributed by atoms with Crippen molar-refractivity contribution in [1.29, 1.82) is 0 Å². The number of hydrogen-bond donors (Lipinski definition) is 2. The van der Waals surface area contributed by atoms with Gasteiger partial charge in [-0.25, -0.2) is 4.79 Å². The molecule has 6 heteroatoms. The number of carboxylic acid groups (broad SMARTS) is 1. The van der Waals surface area contributed by atoms with E-state index in [4.69, 9.17) is 9.84 Å². The molecule has 1 aromatic rings. The lowest BCUT2D eigenvalue weighted by Crippen LogP contribution is -2.40. The largest absolute Gasteiger partial charge is 0.488 e. The fourth-order valence-corrected chi connectivity index (χ4v) is 1.38. The van der Waals surface area contributed by atoms with Crippen LogP contribution < -0.4 is 10.1 Å². The molecular formula is C9H13N3O3. The van der Waals surface area contributed by atoms with Gasteiger partial charge in [0.05, 0.1) is 17.9 Å². The summed E-state index contributed by atoms with van der Waals surface area (Å²) in [4.78, 5) is 10.5. The fourth-order valence-electron chi connectivity index (χ4n) is 1.38. The molecule has 1 fully saturated rings. The van der Waals surface area contributed by atoms with Gasteiger partial charge in [-0.2, -0.15) is 5.10 Å². The zero-order chi connectivity index (χ0) is 10.9. The summed E-state index contributed by atoms with van der Waals surface area (Å²) in [7, 11) is 1.80. The molecule has 1 aliphatic carbocycles. The van der Waals surface area contributed by atoms with Crippen molar-refractivity contribution in [2.45, 2.75) is 18.4 Å². The van der Waals surface area contributed by atoms with Crippen LogP contribution in [0.3, 0.4) is 0 Å². The van der Waals surface area contributed by atoms with Crippen LogP contribution >= 0.6 is 0 Å². The molecule has 0 atom stereocenters. The third kappa shape index (κ3) is 2.39. The molecule has 1 aromatic heterocycles. The standard InChI is InChI=1S/C9H13N3O3/c1-12-5-7(4-10-12)15-6-9(2-3-9)11-8(13)14/h4-5,11H,2-3,6H2,1H3,(H,13,14). The fraction of sp³-hybridized carbons (Fsp3) is 0.556. The van der Waals surface area contributed by atoms with Crippen molar-refractivity contribution >= 4 is 6.09 Å². The zero-order valence-corrected chi connectivity index (χ0v) is 8.43. The zero-order valence-electron chi connectivity index (χ0n) is 8.43. The van der Waals surface area contributed by atoms with Crippen molar-refractivity contribution in [1.82, 2.24) is 15.1 Å². The summed E-state index contributed by atoms with van der Waals surface area (Å²) >= 11 is 0. The van der Waals surface area contributed by atoms with Crippen molar-refractivity contribution in [2.75, 3.05) is 6.61 Å². The Morgan fingerprint density at radius 2 is 2.53 bits per heavy atom. The number of carbonyl (C=O) groups is 1. The van der Waals surface area contributed by atoms with Crippen molar-refractivity contribution in [3.63, 3.8) is 0 Å². The molecule has 0 unspecified atom stereocenters. The Labute approximate surface area is 86.8 Å². The van der Waals surface area contributed by atoms with Crippen LogP contribution in [-0.4, -0.2) is 33.1 Å². The maximum Gasteiger partial charge on any atom is 0.405 e. The van der Waals surface area contributed by atoms with E-state index in [0.29, 0.717) is 12.4 Å². The predicted octanol–water partition coefficient (Wildman–Crippen LogP) is 0.599. The number of aromatic nitrogens is 2. The smallest absolute Gasteiger partial charge is 0.405 e. The van der Waals surface area contributed by atoms with Crippen LogP contribution in [0.25, 0.3) is 0 Å². The number of nitrogens with zero attached hydrogens (tertiary/aromatic N) is 2. The topological polar surface area (TPSA) is 76.4 Å².